The van der Waals surface area contributed by atoms with Gasteiger partial charge in [0.1, 0.15) is 0 Å². The Kier molecular flexibility index (Phi) is 6.69. The molecule has 15 heavy (non-hydrogen) atoms. The summed E-state index contributed by atoms with van der Waals surface area (Å²) in [6.45, 7) is 1.05. The summed E-state index contributed by atoms with van der Waals surface area (Å²) in [5.74, 6) is 1.91. The molecule has 1 nitrogen and oxygen atoms in total. The maximum absolute atomic E-state index is 5.68. The second kappa shape index (κ2) is 7.89. The molecule has 0 aliphatic carbocycles. The number of anilines is 1. The van der Waals surface area contributed by atoms with Gasteiger partial charge in [0.2, 0.25) is 0 Å². The van der Waals surface area contributed by atoms with Gasteiger partial charge in [-0.3, -0.25) is 0 Å². The summed E-state index contributed by atoms with van der Waals surface area (Å²) in [6, 6.07) is 8.53. The molecule has 0 heterocycles. The molecule has 0 saturated heterocycles. The van der Waals surface area contributed by atoms with Crippen molar-refractivity contribution in [3.05, 3.63) is 29.8 Å². The topological polar surface area (TPSA) is 12.0 Å². The van der Waals surface area contributed by atoms with Crippen LogP contribution in [0.3, 0.4) is 0 Å². The minimum atomic E-state index is 0.695. The number of nitrogens with one attached hydrogen (secondary N) is 1. The first-order valence-corrected chi connectivity index (χ1v) is 7.17. The molecule has 0 aliphatic heterocycles. The molecule has 0 saturated carbocycles. The highest BCUT2D eigenvalue weighted by molar-refractivity contribution is 7.98. The summed E-state index contributed by atoms with van der Waals surface area (Å²) in [5, 5.41) is 3.40. The van der Waals surface area contributed by atoms with Gasteiger partial charge in [0.25, 0.3) is 0 Å². The molecule has 1 rings (SSSR count). The Morgan fingerprint density at radius 1 is 1.27 bits per heavy atom. The summed E-state index contributed by atoms with van der Waals surface area (Å²) < 4.78 is 0. The highest BCUT2D eigenvalue weighted by atomic mass is 35.5. The van der Waals surface area contributed by atoms with E-state index in [2.05, 4.69) is 35.8 Å². The number of benzene rings is 1. The van der Waals surface area contributed by atoms with E-state index >= 15 is 0 Å². The standard InChI is InChI=1S/C12H18ClNS/c1-15-10-2-9-14-12-5-3-11(4-6-12)7-8-13/h3-6,14H,2,7-10H2,1H3. The van der Waals surface area contributed by atoms with Crippen LogP contribution in [0.4, 0.5) is 5.69 Å². The van der Waals surface area contributed by atoms with Crippen LogP contribution in [0.5, 0.6) is 0 Å². The van der Waals surface area contributed by atoms with Crippen LogP contribution in [-0.4, -0.2) is 24.4 Å². The van der Waals surface area contributed by atoms with E-state index in [4.69, 9.17) is 11.6 Å². The van der Waals surface area contributed by atoms with E-state index < -0.39 is 0 Å². The molecular formula is C12H18ClNS. The van der Waals surface area contributed by atoms with E-state index in [0.29, 0.717) is 5.88 Å². The van der Waals surface area contributed by atoms with Gasteiger partial charge in [-0.05, 0) is 42.5 Å². The van der Waals surface area contributed by atoms with Crippen molar-refractivity contribution in [3.8, 4) is 0 Å². The Balaban J connectivity index is 2.29. The summed E-state index contributed by atoms with van der Waals surface area (Å²) >= 11 is 7.57. The van der Waals surface area contributed by atoms with Crippen LogP contribution in [0, 0.1) is 0 Å². The van der Waals surface area contributed by atoms with Crippen molar-refractivity contribution in [2.24, 2.45) is 0 Å². The fourth-order valence-corrected chi connectivity index (χ4v) is 2.00. The number of aryl methyl sites for hydroxylation is 1. The van der Waals surface area contributed by atoms with E-state index in [1.165, 1.54) is 23.4 Å². The van der Waals surface area contributed by atoms with Gasteiger partial charge in [0.05, 0.1) is 0 Å². The van der Waals surface area contributed by atoms with Gasteiger partial charge in [0, 0.05) is 18.1 Å². The van der Waals surface area contributed by atoms with Crippen LogP contribution in [0.2, 0.25) is 0 Å². The second-order valence-corrected chi connectivity index (χ2v) is 4.77. The van der Waals surface area contributed by atoms with Crippen LogP contribution in [0.25, 0.3) is 0 Å². The lowest BCUT2D eigenvalue weighted by Gasteiger charge is -2.06. The Hall–Kier alpha value is -0.340. The van der Waals surface area contributed by atoms with Crippen molar-refractivity contribution >= 4 is 29.1 Å². The van der Waals surface area contributed by atoms with Crippen LogP contribution in [-0.2, 0) is 6.42 Å². The van der Waals surface area contributed by atoms with Crippen molar-refractivity contribution in [1.82, 2.24) is 0 Å². The molecule has 0 bridgehead atoms. The van der Waals surface area contributed by atoms with Gasteiger partial charge in [-0.1, -0.05) is 12.1 Å². The van der Waals surface area contributed by atoms with Gasteiger partial charge in [-0.15, -0.1) is 11.6 Å². The molecule has 0 aliphatic rings. The van der Waals surface area contributed by atoms with Crippen molar-refractivity contribution in [2.45, 2.75) is 12.8 Å². The van der Waals surface area contributed by atoms with Crippen LogP contribution in [0.1, 0.15) is 12.0 Å². The molecule has 0 amide bonds. The maximum atomic E-state index is 5.68. The SMILES string of the molecule is CSCCCNc1ccc(CCCl)cc1. The zero-order valence-corrected chi connectivity index (χ0v) is 10.7. The average molecular weight is 244 g/mol. The first-order chi connectivity index (χ1) is 7.36. The Bertz CT molecular complexity index is 261. The summed E-state index contributed by atoms with van der Waals surface area (Å²) in [5.41, 5.74) is 2.51. The highest BCUT2D eigenvalue weighted by Crippen LogP contribution is 2.10. The van der Waals surface area contributed by atoms with Crippen molar-refractivity contribution in [3.63, 3.8) is 0 Å². The van der Waals surface area contributed by atoms with Crippen molar-refractivity contribution in [1.29, 1.82) is 0 Å². The Morgan fingerprint density at radius 3 is 2.60 bits per heavy atom. The number of thioether (sulfide) groups is 1. The minimum absolute atomic E-state index is 0.695. The van der Waals surface area contributed by atoms with Crippen molar-refractivity contribution < 1.29 is 0 Å². The minimum Gasteiger partial charge on any atom is -0.385 e. The third kappa shape index (κ3) is 5.33. The first kappa shape index (κ1) is 12.7. The Morgan fingerprint density at radius 2 is 2.00 bits per heavy atom. The molecule has 0 radical (unpaired) electrons. The smallest absolute Gasteiger partial charge is 0.0340 e. The zero-order valence-electron chi connectivity index (χ0n) is 9.13. The number of hydrogen-bond donors (Lipinski definition) is 1. The normalized spacial score (nSPS) is 10.3. The highest BCUT2D eigenvalue weighted by Gasteiger charge is 1.93. The lowest BCUT2D eigenvalue weighted by molar-refractivity contribution is 0.992. The number of rotatable bonds is 7. The fourth-order valence-electron chi connectivity index (χ4n) is 1.35. The molecule has 0 aromatic heterocycles. The monoisotopic (exact) mass is 243 g/mol. The Labute approximate surface area is 102 Å². The van der Waals surface area contributed by atoms with Crippen LogP contribution in [0.15, 0.2) is 24.3 Å². The summed E-state index contributed by atoms with van der Waals surface area (Å²) in [6.07, 6.45) is 4.31. The first-order valence-electron chi connectivity index (χ1n) is 5.24. The molecular weight excluding hydrogens is 226 g/mol. The molecule has 3 heteroatoms. The number of halogens is 1. The van der Waals surface area contributed by atoms with E-state index in [-0.39, 0.29) is 0 Å². The molecule has 1 aromatic carbocycles. The van der Waals surface area contributed by atoms with E-state index in [1.807, 2.05) is 11.8 Å². The van der Waals surface area contributed by atoms with Gasteiger partial charge >= 0.3 is 0 Å². The molecule has 84 valence electrons. The maximum Gasteiger partial charge on any atom is 0.0340 e. The second-order valence-electron chi connectivity index (χ2n) is 3.41. The van der Waals surface area contributed by atoms with E-state index in [9.17, 15) is 0 Å². The molecule has 1 N–H and O–H groups in total. The predicted molar refractivity (Wildman–Crippen MR) is 72.4 cm³/mol. The number of alkyl halides is 1. The molecule has 0 unspecified atom stereocenters. The van der Waals surface area contributed by atoms with Gasteiger partial charge in [-0.2, -0.15) is 11.8 Å². The van der Waals surface area contributed by atoms with Crippen LogP contribution >= 0.6 is 23.4 Å². The van der Waals surface area contributed by atoms with E-state index in [1.54, 1.807) is 0 Å². The lowest BCUT2D eigenvalue weighted by atomic mass is 10.1. The largest absolute Gasteiger partial charge is 0.385 e. The molecule has 0 atom stereocenters. The number of hydrogen-bond acceptors (Lipinski definition) is 2. The van der Waals surface area contributed by atoms with Crippen molar-refractivity contribution in [2.75, 3.05) is 29.8 Å². The zero-order chi connectivity index (χ0) is 10.9. The third-order valence-corrected chi connectivity index (χ3v) is 3.08. The predicted octanol–water partition coefficient (Wildman–Crippen LogP) is 3.63. The summed E-state index contributed by atoms with van der Waals surface area (Å²) in [4.78, 5) is 0. The molecule has 0 fully saturated rings. The van der Waals surface area contributed by atoms with Gasteiger partial charge in [0.15, 0.2) is 0 Å². The summed E-state index contributed by atoms with van der Waals surface area (Å²) in [7, 11) is 0. The molecule has 1 aromatic rings. The quantitative estimate of drug-likeness (QED) is 0.580. The van der Waals surface area contributed by atoms with Gasteiger partial charge < -0.3 is 5.32 Å². The van der Waals surface area contributed by atoms with Gasteiger partial charge in [-0.25, -0.2) is 0 Å². The average Bonchev–Trinajstić information content (AvgIpc) is 2.27. The molecule has 0 spiro atoms. The van der Waals surface area contributed by atoms with Crippen LogP contribution < -0.4 is 5.32 Å². The fraction of sp³-hybridized carbons (Fsp3) is 0.500. The lowest BCUT2D eigenvalue weighted by Crippen LogP contribution is -2.02. The third-order valence-electron chi connectivity index (χ3n) is 2.19. The van der Waals surface area contributed by atoms with E-state index in [0.717, 1.165) is 13.0 Å².